The largest absolute Gasteiger partial charge is 0.497 e. The topological polar surface area (TPSA) is 45.2 Å². The zero-order valence-electron chi connectivity index (χ0n) is 8.77. The van der Waals surface area contributed by atoms with E-state index in [4.69, 9.17) is 4.74 Å². The van der Waals surface area contributed by atoms with Crippen molar-refractivity contribution in [2.24, 2.45) is 0 Å². The minimum atomic E-state index is -0.961. The second kappa shape index (κ2) is 4.37. The Morgan fingerprint density at radius 3 is 2.75 bits per heavy atom. The fraction of sp³-hybridized carbons (Fsp3) is 0.167. The van der Waals surface area contributed by atoms with Gasteiger partial charge < -0.3 is 14.8 Å². The molecule has 0 bridgehead atoms. The summed E-state index contributed by atoms with van der Waals surface area (Å²) in [6.45, 7) is 0. The first-order valence-corrected chi connectivity index (χ1v) is 4.86. The first kappa shape index (κ1) is 10.7. The molecular formula is C12H12FNO2. The molecule has 0 aliphatic heterocycles. The second-order valence-corrected chi connectivity index (χ2v) is 3.43. The summed E-state index contributed by atoms with van der Waals surface area (Å²) in [5, 5.41) is 9.92. The average Bonchev–Trinajstić information content (AvgIpc) is 2.81. The number of benzene rings is 1. The van der Waals surface area contributed by atoms with E-state index >= 15 is 0 Å². The van der Waals surface area contributed by atoms with Crippen molar-refractivity contribution in [3.8, 4) is 5.75 Å². The molecule has 0 saturated carbocycles. The van der Waals surface area contributed by atoms with Gasteiger partial charge in [-0.25, -0.2) is 4.39 Å². The Labute approximate surface area is 92.5 Å². The van der Waals surface area contributed by atoms with Crippen LogP contribution in [-0.2, 0) is 0 Å². The Hall–Kier alpha value is -1.81. The normalized spacial score (nSPS) is 12.4. The van der Waals surface area contributed by atoms with Gasteiger partial charge in [-0.15, -0.1) is 0 Å². The number of nitrogens with one attached hydrogen (secondary N) is 1. The highest BCUT2D eigenvalue weighted by molar-refractivity contribution is 5.34. The monoisotopic (exact) mass is 221 g/mol. The van der Waals surface area contributed by atoms with Crippen molar-refractivity contribution in [2.75, 3.05) is 7.11 Å². The van der Waals surface area contributed by atoms with Crippen LogP contribution in [0.15, 0.2) is 36.7 Å². The van der Waals surface area contributed by atoms with Crippen LogP contribution in [0.5, 0.6) is 5.75 Å². The van der Waals surface area contributed by atoms with E-state index in [0.29, 0.717) is 11.3 Å². The van der Waals surface area contributed by atoms with Crippen LogP contribution in [-0.4, -0.2) is 17.2 Å². The van der Waals surface area contributed by atoms with Crippen molar-refractivity contribution in [3.63, 3.8) is 0 Å². The summed E-state index contributed by atoms with van der Waals surface area (Å²) < 4.78 is 18.5. The van der Waals surface area contributed by atoms with Gasteiger partial charge in [0.15, 0.2) is 0 Å². The maximum atomic E-state index is 13.6. The fourth-order valence-electron chi connectivity index (χ4n) is 1.54. The molecule has 0 amide bonds. The van der Waals surface area contributed by atoms with Gasteiger partial charge in [-0.3, -0.25) is 0 Å². The van der Waals surface area contributed by atoms with E-state index in [0.717, 1.165) is 0 Å². The van der Waals surface area contributed by atoms with Crippen molar-refractivity contribution >= 4 is 0 Å². The van der Waals surface area contributed by atoms with Crippen LogP contribution < -0.4 is 4.74 Å². The van der Waals surface area contributed by atoms with Crippen LogP contribution in [0.3, 0.4) is 0 Å². The van der Waals surface area contributed by atoms with Crippen LogP contribution in [0, 0.1) is 5.82 Å². The Morgan fingerprint density at radius 1 is 1.38 bits per heavy atom. The molecule has 3 nitrogen and oxygen atoms in total. The van der Waals surface area contributed by atoms with Crippen molar-refractivity contribution in [2.45, 2.75) is 6.10 Å². The molecule has 2 N–H and O–H groups in total. The van der Waals surface area contributed by atoms with E-state index in [9.17, 15) is 9.50 Å². The van der Waals surface area contributed by atoms with Gasteiger partial charge in [0.1, 0.15) is 17.7 Å². The SMILES string of the molecule is COc1ccc(C(O)c2cc[nH]c2)c(F)c1. The van der Waals surface area contributed by atoms with Gasteiger partial charge in [-0.05, 0) is 18.2 Å². The van der Waals surface area contributed by atoms with Crippen LogP contribution in [0.25, 0.3) is 0 Å². The quantitative estimate of drug-likeness (QED) is 0.834. The predicted molar refractivity (Wildman–Crippen MR) is 57.8 cm³/mol. The number of aromatic nitrogens is 1. The smallest absolute Gasteiger partial charge is 0.133 e. The van der Waals surface area contributed by atoms with Crippen LogP contribution in [0.2, 0.25) is 0 Å². The van der Waals surface area contributed by atoms with Crippen LogP contribution in [0.4, 0.5) is 4.39 Å². The molecule has 1 heterocycles. The lowest BCUT2D eigenvalue weighted by molar-refractivity contribution is 0.215. The molecule has 16 heavy (non-hydrogen) atoms. The number of hydrogen-bond acceptors (Lipinski definition) is 2. The highest BCUT2D eigenvalue weighted by Gasteiger charge is 2.15. The van der Waals surface area contributed by atoms with Gasteiger partial charge in [-0.2, -0.15) is 0 Å². The van der Waals surface area contributed by atoms with Gasteiger partial charge in [0, 0.05) is 29.6 Å². The van der Waals surface area contributed by atoms with Gasteiger partial charge in [0.05, 0.1) is 7.11 Å². The Morgan fingerprint density at radius 2 is 2.19 bits per heavy atom. The summed E-state index contributed by atoms with van der Waals surface area (Å²) in [7, 11) is 1.47. The van der Waals surface area contributed by atoms with E-state index in [-0.39, 0.29) is 5.56 Å². The molecular weight excluding hydrogens is 209 g/mol. The summed E-state index contributed by atoms with van der Waals surface area (Å²) in [5.74, 6) is -0.0458. The number of aromatic amines is 1. The van der Waals surface area contributed by atoms with Crippen molar-refractivity contribution in [1.29, 1.82) is 0 Å². The van der Waals surface area contributed by atoms with E-state index < -0.39 is 11.9 Å². The minimum Gasteiger partial charge on any atom is -0.497 e. The third kappa shape index (κ3) is 1.92. The highest BCUT2D eigenvalue weighted by atomic mass is 19.1. The minimum absolute atomic E-state index is 0.236. The highest BCUT2D eigenvalue weighted by Crippen LogP contribution is 2.26. The maximum Gasteiger partial charge on any atom is 0.133 e. The molecule has 1 atom stereocenters. The lowest BCUT2D eigenvalue weighted by Gasteiger charge is -2.11. The van der Waals surface area contributed by atoms with Gasteiger partial charge in [0.2, 0.25) is 0 Å². The number of halogens is 1. The number of aliphatic hydroxyl groups is 1. The average molecular weight is 221 g/mol. The number of aliphatic hydroxyl groups excluding tert-OH is 1. The molecule has 0 aliphatic carbocycles. The third-order valence-corrected chi connectivity index (χ3v) is 2.44. The van der Waals surface area contributed by atoms with Crippen LogP contribution in [0.1, 0.15) is 17.2 Å². The molecule has 0 fully saturated rings. The Balaban J connectivity index is 2.34. The first-order valence-electron chi connectivity index (χ1n) is 4.86. The molecule has 0 radical (unpaired) electrons. The summed E-state index contributed by atoms with van der Waals surface area (Å²) in [6.07, 6.45) is 2.35. The van der Waals surface area contributed by atoms with Gasteiger partial charge in [0.25, 0.3) is 0 Å². The molecule has 2 rings (SSSR count). The summed E-state index contributed by atoms with van der Waals surface area (Å²) in [4.78, 5) is 2.82. The number of methoxy groups -OCH3 is 1. The standard InChI is InChI=1S/C12H12FNO2/c1-16-9-2-3-10(11(13)6-9)12(15)8-4-5-14-7-8/h2-7,12,14-15H,1H3. The predicted octanol–water partition coefficient (Wildman–Crippen LogP) is 2.24. The summed E-state index contributed by atoms with van der Waals surface area (Å²) >= 11 is 0. The zero-order chi connectivity index (χ0) is 11.5. The maximum absolute atomic E-state index is 13.6. The second-order valence-electron chi connectivity index (χ2n) is 3.43. The lowest BCUT2D eigenvalue weighted by atomic mass is 10.0. The molecule has 1 unspecified atom stereocenters. The van der Waals surface area contributed by atoms with E-state index in [2.05, 4.69) is 4.98 Å². The Bertz CT molecular complexity index is 468. The van der Waals surface area contributed by atoms with Gasteiger partial charge in [-0.1, -0.05) is 0 Å². The molecule has 0 saturated heterocycles. The lowest BCUT2D eigenvalue weighted by Crippen LogP contribution is -2.01. The molecule has 4 heteroatoms. The number of H-pyrrole nitrogens is 1. The van der Waals surface area contributed by atoms with E-state index in [1.165, 1.54) is 19.2 Å². The number of rotatable bonds is 3. The number of ether oxygens (including phenoxy) is 1. The van der Waals surface area contributed by atoms with E-state index in [1.807, 2.05) is 0 Å². The molecule has 1 aromatic carbocycles. The zero-order valence-corrected chi connectivity index (χ0v) is 8.77. The van der Waals surface area contributed by atoms with Crippen molar-refractivity contribution in [3.05, 3.63) is 53.6 Å². The Kier molecular flexibility index (Phi) is 2.92. The fourth-order valence-corrected chi connectivity index (χ4v) is 1.54. The van der Waals surface area contributed by atoms with Crippen LogP contribution >= 0.6 is 0 Å². The van der Waals surface area contributed by atoms with Crippen molar-refractivity contribution in [1.82, 2.24) is 4.98 Å². The summed E-state index contributed by atoms with van der Waals surface area (Å²) in [5.41, 5.74) is 0.865. The summed E-state index contributed by atoms with van der Waals surface area (Å²) in [6, 6.07) is 6.10. The van der Waals surface area contributed by atoms with Gasteiger partial charge >= 0.3 is 0 Å². The first-order chi connectivity index (χ1) is 7.72. The molecule has 0 aliphatic rings. The third-order valence-electron chi connectivity index (χ3n) is 2.44. The molecule has 0 spiro atoms. The molecule has 1 aromatic heterocycles. The number of hydrogen-bond donors (Lipinski definition) is 2. The van der Waals surface area contributed by atoms with Crippen molar-refractivity contribution < 1.29 is 14.2 Å². The van der Waals surface area contributed by atoms with E-state index in [1.54, 1.807) is 24.5 Å². The molecule has 2 aromatic rings. The molecule has 84 valence electrons.